The maximum Gasteiger partial charge on any atom is 0.249 e. The Morgan fingerprint density at radius 3 is 1.12 bits per heavy atom. The van der Waals surface area contributed by atoms with Gasteiger partial charge in [0.05, 0.1) is 18.8 Å². The van der Waals surface area contributed by atoms with Crippen molar-refractivity contribution in [2.75, 3.05) is 6.61 Å². The molecular formula is C50H97NO5. The number of amides is 1. The summed E-state index contributed by atoms with van der Waals surface area (Å²) in [6, 6.07) is -1.00. The first-order valence-electron chi connectivity index (χ1n) is 24.7. The lowest BCUT2D eigenvalue weighted by Crippen LogP contribution is -2.53. The quantitative estimate of drug-likeness (QED) is 0.0312. The van der Waals surface area contributed by atoms with Crippen LogP contribution in [0.4, 0.5) is 0 Å². The van der Waals surface area contributed by atoms with E-state index in [0.717, 1.165) is 38.5 Å². The van der Waals surface area contributed by atoms with Crippen molar-refractivity contribution >= 4 is 5.91 Å². The van der Waals surface area contributed by atoms with Crippen molar-refractivity contribution in [2.45, 2.75) is 282 Å². The molecule has 0 saturated heterocycles. The minimum absolute atomic E-state index is 0.362. The molecule has 0 spiro atoms. The van der Waals surface area contributed by atoms with Gasteiger partial charge in [-0.1, -0.05) is 231 Å². The van der Waals surface area contributed by atoms with E-state index in [1.807, 2.05) is 0 Å². The molecule has 4 unspecified atom stereocenters. The number of hydrogen-bond donors (Lipinski definition) is 5. The number of carbonyl (C=O) groups excluding carboxylic acids is 1. The molecule has 0 aromatic rings. The Labute approximate surface area is 348 Å². The van der Waals surface area contributed by atoms with E-state index in [2.05, 4.69) is 43.5 Å². The van der Waals surface area contributed by atoms with Gasteiger partial charge in [-0.2, -0.15) is 0 Å². The molecule has 0 aromatic carbocycles. The predicted molar refractivity (Wildman–Crippen MR) is 242 cm³/mol. The molecule has 0 heterocycles. The van der Waals surface area contributed by atoms with Crippen LogP contribution in [0.3, 0.4) is 0 Å². The second kappa shape index (κ2) is 44.9. The summed E-state index contributed by atoms with van der Waals surface area (Å²) in [6.07, 6.45) is 52.5. The Morgan fingerprint density at radius 1 is 0.429 bits per heavy atom. The Bertz CT molecular complexity index is 847. The van der Waals surface area contributed by atoms with E-state index in [9.17, 15) is 25.2 Å². The molecule has 0 aromatic heterocycles. The molecule has 0 bridgehead atoms. The molecule has 5 N–H and O–H groups in total. The zero-order chi connectivity index (χ0) is 41.0. The van der Waals surface area contributed by atoms with E-state index in [-0.39, 0.29) is 0 Å². The molecule has 0 fully saturated rings. The van der Waals surface area contributed by atoms with E-state index in [4.69, 9.17) is 0 Å². The Kier molecular flexibility index (Phi) is 43.9. The van der Waals surface area contributed by atoms with E-state index in [0.29, 0.717) is 19.3 Å². The molecule has 332 valence electrons. The van der Waals surface area contributed by atoms with Crippen LogP contribution >= 0.6 is 0 Å². The minimum Gasteiger partial charge on any atom is -0.394 e. The van der Waals surface area contributed by atoms with Gasteiger partial charge < -0.3 is 25.7 Å². The largest absolute Gasteiger partial charge is 0.394 e. The lowest BCUT2D eigenvalue weighted by molar-refractivity contribution is -0.132. The molecule has 6 nitrogen and oxygen atoms in total. The van der Waals surface area contributed by atoms with Crippen LogP contribution in [-0.2, 0) is 4.79 Å². The third kappa shape index (κ3) is 38.3. The highest BCUT2D eigenvalue weighted by Crippen LogP contribution is 2.17. The van der Waals surface area contributed by atoms with Crippen LogP contribution in [0.15, 0.2) is 24.3 Å². The van der Waals surface area contributed by atoms with Crippen LogP contribution in [0, 0.1) is 0 Å². The van der Waals surface area contributed by atoms with E-state index >= 15 is 0 Å². The van der Waals surface area contributed by atoms with Crippen LogP contribution in [0.1, 0.15) is 258 Å². The van der Waals surface area contributed by atoms with Gasteiger partial charge in [0, 0.05) is 0 Å². The maximum atomic E-state index is 12.5. The summed E-state index contributed by atoms with van der Waals surface area (Å²) >= 11 is 0. The average molecular weight is 792 g/mol. The summed E-state index contributed by atoms with van der Waals surface area (Å²) in [7, 11) is 0. The number of aliphatic hydroxyl groups is 4. The molecular weight excluding hydrogens is 695 g/mol. The maximum absolute atomic E-state index is 12.5. The van der Waals surface area contributed by atoms with E-state index in [1.165, 1.54) is 186 Å². The SMILES string of the molecule is CCCCCCCCCCCCCCCCCCCCCCC/C=C/CC/C=C/CCCC(O)C(O)C(CO)NC(=O)C(O)CCCCCCCCCCCC. The average Bonchev–Trinajstić information content (AvgIpc) is 3.20. The molecule has 4 atom stereocenters. The van der Waals surface area contributed by atoms with Gasteiger partial charge in [0.1, 0.15) is 12.2 Å². The topological polar surface area (TPSA) is 110 Å². The number of nitrogens with one attached hydrogen (secondary N) is 1. The summed E-state index contributed by atoms with van der Waals surface area (Å²) in [6.45, 7) is 4.03. The van der Waals surface area contributed by atoms with Crippen molar-refractivity contribution in [2.24, 2.45) is 0 Å². The summed E-state index contributed by atoms with van der Waals surface area (Å²) in [5.41, 5.74) is 0. The van der Waals surface area contributed by atoms with Gasteiger partial charge in [-0.15, -0.1) is 0 Å². The number of unbranched alkanes of at least 4 members (excludes halogenated alkanes) is 32. The van der Waals surface area contributed by atoms with E-state index in [1.54, 1.807) is 0 Å². The van der Waals surface area contributed by atoms with Crippen LogP contribution < -0.4 is 5.32 Å². The van der Waals surface area contributed by atoms with Gasteiger partial charge >= 0.3 is 0 Å². The second-order valence-electron chi connectivity index (χ2n) is 17.2. The highest BCUT2D eigenvalue weighted by atomic mass is 16.3. The van der Waals surface area contributed by atoms with Crippen LogP contribution in [-0.4, -0.2) is 57.3 Å². The van der Waals surface area contributed by atoms with Crippen molar-refractivity contribution in [3.8, 4) is 0 Å². The first-order chi connectivity index (χ1) is 27.5. The fourth-order valence-electron chi connectivity index (χ4n) is 7.72. The Hall–Kier alpha value is -1.21. The van der Waals surface area contributed by atoms with Gasteiger partial charge in [0.25, 0.3) is 0 Å². The van der Waals surface area contributed by atoms with Crippen molar-refractivity contribution in [3.05, 3.63) is 24.3 Å². The molecule has 6 heteroatoms. The molecule has 56 heavy (non-hydrogen) atoms. The van der Waals surface area contributed by atoms with Crippen molar-refractivity contribution in [3.63, 3.8) is 0 Å². The molecule has 0 rings (SSSR count). The van der Waals surface area contributed by atoms with Crippen molar-refractivity contribution in [1.29, 1.82) is 0 Å². The lowest BCUT2D eigenvalue weighted by atomic mass is 10.00. The fraction of sp³-hybridized carbons (Fsp3) is 0.900. The third-order valence-corrected chi connectivity index (χ3v) is 11.6. The van der Waals surface area contributed by atoms with Crippen LogP contribution in [0.25, 0.3) is 0 Å². The highest BCUT2D eigenvalue weighted by Gasteiger charge is 2.28. The van der Waals surface area contributed by atoms with Gasteiger partial charge in [-0.25, -0.2) is 0 Å². The van der Waals surface area contributed by atoms with E-state index < -0.39 is 36.9 Å². The van der Waals surface area contributed by atoms with Crippen molar-refractivity contribution < 1.29 is 25.2 Å². The molecule has 0 aliphatic carbocycles. The molecule has 0 aliphatic heterocycles. The summed E-state index contributed by atoms with van der Waals surface area (Å²) in [5, 5.41) is 43.6. The lowest BCUT2D eigenvalue weighted by Gasteiger charge is -2.27. The fourth-order valence-corrected chi connectivity index (χ4v) is 7.72. The summed E-state index contributed by atoms with van der Waals surface area (Å²) in [5.74, 6) is -0.598. The standard InChI is InChI=1S/C50H97NO5/c1-3-5-7-9-11-13-15-16-17-18-19-20-21-22-23-24-25-26-27-28-29-30-31-32-33-34-36-37-39-41-43-47(53)49(55)46(45-52)51-50(56)48(54)44-42-40-38-35-14-12-10-8-6-4-2/h31-32,36-37,46-49,52-55H,3-30,33-35,38-45H2,1-2H3,(H,51,56)/b32-31+,37-36+. The van der Waals surface area contributed by atoms with Gasteiger partial charge in [0.2, 0.25) is 5.91 Å². The zero-order valence-electron chi connectivity index (χ0n) is 37.4. The van der Waals surface area contributed by atoms with Gasteiger partial charge in [-0.3, -0.25) is 4.79 Å². The third-order valence-electron chi connectivity index (χ3n) is 11.6. The normalized spacial score (nSPS) is 14.2. The number of allylic oxidation sites excluding steroid dienone is 4. The number of carbonyl (C=O) groups is 1. The van der Waals surface area contributed by atoms with Crippen molar-refractivity contribution in [1.82, 2.24) is 5.32 Å². The Morgan fingerprint density at radius 2 is 0.750 bits per heavy atom. The van der Waals surface area contributed by atoms with Crippen LogP contribution in [0.2, 0.25) is 0 Å². The zero-order valence-corrected chi connectivity index (χ0v) is 37.4. The minimum atomic E-state index is -1.29. The Balaban J connectivity index is 3.64. The van der Waals surface area contributed by atoms with Gasteiger partial charge in [0.15, 0.2) is 0 Å². The molecule has 0 aliphatic rings. The second-order valence-corrected chi connectivity index (χ2v) is 17.2. The first kappa shape index (κ1) is 54.8. The monoisotopic (exact) mass is 792 g/mol. The number of hydrogen-bond acceptors (Lipinski definition) is 5. The predicted octanol–water partition coefficient (Wildman–Crippen LogP) is 13.5. The number of rotatable bonds is 45. The van der Waals surface area contributed by atoms with Crippen LogP contribution in [0.5, 0.6) is 0 Å². The molecule has 0 radical (unpaired) electrons. The smallest absolute Gasteiger partial charge is 0.249 e. The molecule has 1 amide bonds. The summed E-state index contributed by atoms with van der Waals surface area (Å²) in [4.78, 5) is 12.5. The first-order valence-corrected chi connectivity index (χ1v) is 24.7. The number of aliphatic hydroxyl groups excluding tert-OH is 4. The highest BCUT2D eigenvalue weighted by molar-refractivity contribution is 5.80. The summed E-state index contributed by atoms with van der Waals surface area (Å²) < 4.78 is 0. The van der Waals surface area contributed by atoms with Gasteiger partial charge in [-0.05, 0) is 51.4 Å². The molecule has 0 saturated carbocycles.